The van der Waals surface area contributed by atoms with Gasteiger partial charge in [0.15, 0.2) is 0 Å². The normalized spacial score (nSPS) is 12.1. The van der Waals surface area contributed by atoms with Gasteiger partial charge in [-0.2, -0.15) is 0 Å². The maximum atomic E-state index is 5.49. The van der Waals surface area contributed by atoms with Crippen LogP contribution in [0.4, 0.5) is 0 Å². The molecular weight excluding hydrogens is 158 g/mol. The van der Waals surface area contributed by atoms with E-state index in [4.69, 9.17) is 11.6 Å². The molecule has 1 N–H and O–H groups in total. The highest BCUT2D eigenvalue weighted by Crippen LogP contribution is 1.94. The van der Waals surface area contributed by atoms with Crippen LogP contribution < -0.4 is 5.32 Å². The van der Waals surface area contributed by atoms with E-state index >= 15 is 0 Å². The lowest BCUT2D eigenvalue weighted by Gasteiger charge is -2.02. The average molecular weight is 176 g/mol. The zero-order valence-corrected chi connectivity index (χ0v) is 8.25. The largest absolute Gasteiger partial charge is 0.313 e. The average Bonchev–Trinajstić information content (AvgIpc) is 2.04. The minimum Gasteiger partial charge on any atom is -0.313 e. The van der Waals surface area contributed by atoms with Gasteiger partial charge in [0.25, 0.3) is 0 Å². The molecule has 0 bridgehead atoms. The van der Waals surface area contributed by atoms with Crippen LogP contribution in [0.15, 0.2) is 11.1 Å². The van der Waals surface area contributed by atoms with Crippen molar-refractivity contribution >= 4 is 11.6 Å². The van der Waals surface area contributed by atoms with E-state index in [9.17, 15) is 0 Å². The van der Waals surface area contributed by atoms with E-state index in [1.165, 1.54) is 24.8 Å². The fourth-order valence-electron chi connectivity index (χ4n) is 0.824. The second-order valence-corrected chi connectivity index (χ2v) is 3.06. The highest BCUT2D eigenvalue weighted by Gasteiger charge is 1.88. The van der Waals surface area contributed by atoms with Gasteiger partial charge in [-0.1, -0.05) is 31.4 Å². The third-order valence-electron chi connectivity index (χ3n) is 1.55. The Labute approximate surface area is 74.8 Å². The van der Waals surface area contributed by atoms with Gasteiger partial charge in [0.05, 0.1) is 0 Å². The molecule has 0 aliphatic heterocycles. The number of nitrogens with one attached hydrogen (secondary N) is 1. The van der Waals surface area contributed by atoms with Gasteiger partial charge in [-0.15, -0.1) is 0 Å². The fourth-order valence-corrected chi connectivity index (χ4v) is 0.901. The van der Waals surface area contributed by atoms with Gasteiger partial charge >= 0.3 is 0 Å². The first-order valence-corrected chi connectivity index (χ1v) is 4.71. The molecule has 0 aromatic rings. The summed E-state index contributed by atoms with van der Waals surface area (Å²) in [7, 11) is 0. The van der Waals surface area contributed by atoms with Crippen LogP contribution in [0.2, 0.25) is 0 Å². The van der Waals surface area contributed by atoms with E-state index in [-0.39, 0.29) is 0 Å². The summed E-state index contributed by atoms with van der Waals surface area (Å²) in [6.45, 7) is 6.27. The highest BCUT2D eigenvalue weighted by atomic mass is 35.5. The van der Waals surface area contributed by atoms with Crippen LogP contribution in [-0.2, 0) is 0 Å². The molecular formula is C9H18ClN. The summed E-state index contributed by atoms with van der Waals surface area (Å²) in [5, 5.41) is 3.32. The molecule has 0 aromatic carbocycles. The standard InChI is InChI=1S/C9H18ClN/c1-3-4-5-6-11-8-9(2)7-10/h7,11H,3-6,8H2,1-2H3. The van der Waals surface area contributed by atoms with Crippen molar-refractivity contribution < 1.29 is 0 Å². The van der Waals surface area contributed by atoms with Crippen molar-refractivity contribution in [3.8, 4) is 0 Å². The number of hydrogen-bond acceptors (Lipinski definition) is 1. The first-order valence-electron chi connectivity index (χ1n) is 4.27. The summed E-state index contributed by atoms with van der Waals surface area (Å²) in [5.41, 5.74) is 2.83. The molecule has 66 valence electrons. The molecule has 0 atom stereocenters. The van der Waals surface area contributed by atoms with Crippen molar-refractivity contribution in [2.45, 2.75) is 33.1 Å². The number of rotatable bonds is 6. The predicted molar refractivity (Wildman–Crippen MR) is 52.0 cm³/mol. The molecule has 0 heterocycles. The quantitative estimate of drug-likeness (QED) is 0.613. The Bertz CT molecular complexity index is 110. The molecule has 0 aliphatic rings. The van der Waals surface area contributed by atoms with E-state index in [2.05, 4.69) is 12.2 Å². The Hall–Kier alpha value is -0.0100. The Kier molecular flexibility index (Phi) is 8.08. The van der Waals surface area contributed by atoms with Gasteiger partial charge in [0, 0.05) is 12.1 Å². The van der Waals surface area contributed by atoms with Crippen molar-refractivity contribution in [3.05, 3.63) is 11.1 Å². The van der Waals surface area contributed by atoms with Crippen molar-refractivity contribution in [2.75, 3.05) is 13.1 Å². The smallest absolute Gasteiger partial charge is 0.0173 e. The molecule has 0 amide bonds. The van der Waals surface area contributed by atoms with Crippen LogP contribution in [0.25, 0.3) is 0 Å². The Morgan fingerprint density at radius 3 is 2.73 bits per heavy atom. The van der Waals surface area contributed by atoms with E-state index < -0.39 is 0 Å². The SMILES string of the molecule is CCCCCNCC(C)=CCl. The van der Waals surface area contributed by atoms with Crippen molar-refractivity contribution in [2.24, 2.45) is 0 Å². The van der Waals surface area contributed by atoms with Gasteiger partial charge < -0.3 is 5.32 Å². The molecule has 0 unspecified atom stereocenters. The summed E-state index contributed by atoms with van der Waals surface area (Å²) < 4.78 is 0. The molecule has 11 heavy (non-hydrogen) atoms. The van der Waals surface area contributed by atoms with E-state index in [1.54, 1.807) is 5.54 Å². The van der Waals surface area contributed by atoms with Gasteiger partial charge in [-0.3, -0.25) is 0 Å². The lowest BCUT2D eigenvalue weighted by molar-refractivity contribution is 0.640. The van der Waals surface area contributed by atoms with Gasteiger partial charge in [0.1, 0.15) is 0 Å². The van der Waals surface area contributed by atoms with Crippen LogP contribution in [0.5, 0.6) is 0 Å². The van der Waals surface area contributed by atoms with Crippen molar-refractivity contribution in [3.63, 3.8) is 0 Å². The van der Waals surface area contributed by atoms with Crippen LogP contribution in [0, 0.1) is 0 Å². The van der Waals surface area contributed by atoms with Gasteiger partial charge in [0.2, 0.25) is 0 Å². The summed E-state index contributed by atoms with van der Waals surface area (Å²) in [6, 6.07) is 0. The molecule has 0 aliphatic carbocycles. The number of unbranched alkanes of at least 4 members (excludes halogenated alkanes) is 2. The van der Waals surface area contributed by atoms with Crippen LogP contribution >= 0.6 is 11.6 Å². The monoisotopic (exact) mass is 175 g/mol. The second-order valence-electron chi connectivity index (χ2n) is 2.84. The first-order chi connectivity index (χ1) is 5.31. The minimum absolute atomic E-state index is 0.924. The Morgan fingerprint density at radius 1 is 1.45 bits per heavy atom. The molecule has 1 nitrogen and oxygen atoms in total. The highest BCUT2D eigenvalue weighted by molar-refractivity contribution is 6.25. The van der Waals surface area contributed by atoms with E-state index in [0.29, 0.717) is 0 Å². The molecule has 0 saturated carbocycles. The first kappa shape index (κ1) is 11.0. The zero-order chi connectivity index (χ0) is 8.53. The fraction of sp³-hybridized carbons (Fsp3) is 0.778. The zero-order valence-electron chi connectivity index (χ0n) is 7.49. The summed E-state index contributed by atoms with van der Waals surface area (Å²) in [5.74, 6) is 0. The maximum absolute atomic E-state index is 5.49. The number of halogens is 1. The molecule has 0 aromatic heterocycles. The molecule has 0 rings (SSSR count). The molecule has 0 spiro atoms. The maximum Gasteiger partial charge on any atom is 0.0173 e. The van der Waals surface area contributed by atoms with Gasteiger partial charge in [-0.05, 0) is 25.5 Å². The summed E-state index contributed by atoms with van der Waals surface area (Å²) in [4.78, 5) is 0. The third-order valence-corrected chi connectivity index (χ3v) is 1.92. The van der Waals surface area contributed by atoms with Crippen LogP contribution in [-0.4, -0.2) is 13.1 Å². The number of hydrogen-bond donors (Lipinski definition) is 1. The summed E-state index contributed by atoms with van der Waals surface area (Å²) in [6.07, 6.45) is 3.87. The molecule has 2 heteroatoms. The summed E-state index contributed by atoms with van der Waals surface area (Å²) >= 11 is 5.49. The molecule has 0 fully saturated rings. The van der Waals surface area contributed by atoms with E-state index in [1.807, 2.05) is 6.92 Å². The second kappa shape index (κ2) is 8.09. The van der Waals surface area contributed by atoms with Crippen LogP contribution in [0.3, 0.4) is 0 Å². The van der Waals surface area contributed by atoms with Gasteiger partial charge in [-0.25, -0.2) is 0 Å². The lowest BCUT2D eigenvalue weighted by atomic mass is 10.2. The predicted octanol–water partition coefficient (Wildman–Crippen LogP) is 2.91. The van der Waals surface area contributed by atoms with Crippen molar-refractivity contribution in [1.29, 1.82) is 0 Å². The van der Waals surface area contributed by atoms with Crippen molar-refractivity contribution in [1.82, 2.24) is 5.32 Å². The molecule has 0 saturated heterocycles. The topological polar surface area (TPSA) is 12.0 Å². The lowest BCUT2D eigenvalue weighted by Crippen LogP contribution is -2.17. The minimum atomic E-state index is 0.924. The Balaban J connectivity index is 3.02. The molecule has 0 radical (unpaired) electrons. The third kappa shape index (κ3) is 7.89. The van der Waals surface area contributed by atoms with Crippen LogP contribution in [0.1, 0.15) is 33.1 Å². The van der Waals surface area contributed by atoms with E-state index in [0.717, 1.165) is 13.1 Å². The Morgan fingerprint density at radius 2 is 2.18 bits per heavy atom.